The summed E-state index contributed by atoms with van der Waals surface area (Å²) in [7, 11) is 1.44. The number of carbonyl (C=O) groups excluding carboxylic acids is 1. The molecule has 1 fully saturated rings. The van der Waals surface area contributed by atoms with Gasteiger partial charge in [-0.25, -0.2) is 4.79 Å². The predicted molar refractivity (Wildman–Crippen MR) is 62.4 cm³/mol. The molecule has 1 aliphatic rings. The Bertz CT molecular complexity index is 363. The lowest BCUT2D eigenvalue weighted by Crippen LogP contribution is -2.33. The zero-order valence-corrected chi connectivity index (χ0v) is 9.72. The number of benzene rings is 1. The summed E-state index contributed by atoms with van der Waals surface area (Å²) in [5.74, 6) is 0.440. The van der Waals surface area contributed by atoms with Crippen molar-refractivity contribution in [2.45, 2.75) is 25.3 Å². The molecule has 0 bridgehead atoms. The van der Waals surface area contributed by atoms with Crippen molar-refractivity contribution in [1.29, 1.82) is 0 Å². The van der Waals surface area contributed by atoms with Crippen molar-refractivity contribution < 1.29 is 9.53 Å². The SMILES string of the molecule is COC(=O)N1CC(c2ccccc2)CC1C. The van der Waals surface area contributed by atoms with Crippen LogP contribution in [0.2, 0.25) is 0 Å². The number of hydrogen-bond donors (Lipinski definition) is 0. The molecule has 1 aromatic carbocycles. The number of hydrogen-bond acceptors (Lipinski definition) is 2. The van der Waals surface area contributed by atoms with Crippen LogP contribution in [-0.2, 0) is 4.74 Å². The minimum atomic E-state index is -0.217. The Balaban J connectivity index is 2.10. The molecule has 2 rings (SSSR count). The molecule has 16 heavy (non-hydrogen) atoms. The molecule has 0 spiro atoms. The molecule has 3 heteroatoms. The second-order valence-electron chi connectivity index (χ2n) is 4.31. The number of carbonyl (C=O) groups is 1. The highest BCUT2D eigenvalue weighted by atomic mass is 16.5. The van der Waals surface area contributed by atoms with Gasteiger partial charge >= 0.3 is 6.09 Å². The summed E-state index contributed by atoms with van der Waals surface area (Å²) in [4.78, 5) is 13.3. The van der Waals surface area contributed by atoms with E-state index in [1.54, 1.807) is 4.90 Å². The lowest BCUT2D eigenvalue weighted by Gasteiger charge is -2.19. The summed E-state index contributed by atoms with van der Waals surface area (Å²) in [5, 5.41) is 0. The van der Waals surface area contributed by atoms with Gasteiger partial charge in [-0.05, 0) is 18.9 Å². The van der Waals surface area contributed by atoms with E-state index < -0.39 is 0 Å². The predicted octanol–water partition coefficient (Wildman–Crippen LogP) is 2.63. The van der Waals surface area contributed by atoms with Crippen LogP contribution in [-0.4, -0.2) is 30.7 Å². The number of nitrogens with zero attached hydrogens (tertiary/aromatic N) is 1. The molecule has 2 unspecified atom stereocenters. The molecule has 86 valence electrons. The summed E-state index contributed by atoms with van der Waals surface area (Å²) < 4.78 is 4.78. The smallest absolute Gasteiger partial charge is 0.409 e. The summed E-state index contributed by atoms with van der Waals surface area (Å²) in [6, 6.07) is 10.6. The van der Waals surface area contributed by atoms with Crippen molar-refractivity contribution in [1.82, 2.24) is 4.90 Å². The van der Waals surface area contributed by atoms with Crippen molar-refractivity contribution in [3.63, 3.8) is 0 Å². The van der Waals surface area contributed by atoms with Gasteiger partial charge in [0.15, 0.2) is 0 Å². The van der Waals surface area contributed by atoms with Crippen LogP contribution in [0.4, 0.5) is 4.79 Å². The van der Waals surface area contributed by atoms with E-state index in [0.717, 1.165) is 13.0 Å². The molecule has 0 aliphatic carbocycles. The summed E-state index contributed by atoms with van der Waals surface area (Å²) in [5.41, 5.74) is 1.31. The van der Waals surface area contributed by atoms with E-state index in [2.05, 4.69) is 19.1 Å². The monoisotopic (exact) mass is 219 g/mol. The van der Waals surface area contributed by atoms with Gasteiger partial charge in [-0.1, -0.05) is 30.3 Å². The Morgan fingerprint density at radius 2 is 2.06 bits per heavy atom. The Labute approximate surface area is 96.0 Å². The van der Waals surface area contributed by atoms with Crippen LogP contribution in [0.3, 0.4) is 0 Å². The summed E-state index contributed by atoms with van der Waals surface area (Å²) >= 11 is 0. The van der Waals surface area contributed by atoms with Crippen LogP contribution < -0.4 is 0 Å². The Hall–Kier alpha value is -1.51. The fourth-order valence-electron chi connectivity index (χ4n) is 2.37. The van der Waals surface area contributed by atoms with Crippen molar-refractivity contribution in [2.75, 3.05) is 13.7 Å². The van der Waals surface area contributed by atoms with Crippen molar-refractivity contribution in [2.24, 2.45) is 0 Å². The van der Waals surface area contributed by atoms with Crippen molar-refractivity contribution in [3.8, 4) is 0 Å². The molecule has 2 atom stereocenters. The fraction of sp³-hybridized carbons (Fsp3) is 0.462. The topological polar surface area (TPSA) is 29.5 Å². The third-order valence-electron chi connectivity index (χ3n) is 3.25. The number of amides is 1. The number of rotatable bonds is 1. The molecule has 0 aromatic heterocycles. The molecular formula is C13H17NO2. The van der Waals surface area contributed by atoms with Gasteiger partial charge in [0.05, 0.1) is 7.11 Å². The van der Waals surface area contributed by atoms with Gasteiger partial charge in [-0.3, -0.25) is 0 Å². The maximum absolute atomic E-state index is 11.5. The van der Waals surface area contributed by atoms with Gasteiger partial charge in [0.1, 0.15) is 0 Å². The highest BCUT2D eigenvalue weighted by Gasteiger charge is 2.33. The third-order valence-corrected chi connectivity index (χ3v) is 3.25. The zero-order valence-electron chi connectivity index (χ0n) is 9.72. The van der Waals surface area contributed by atoms with Crippen LogP contribution in [0.25, 0.3) is 0 Å². The standard InChI is InChI=1S/C13H17NO2/c1-10-8-12(9-14(10)13(15)16-2)11-6-4-3-5-7-11/h3-7,10,12H,8-9H2,1-2H3. The molecule has 0 radical (unpaired) electrons. The average Bonchev–Trinajstić information content (AvgIpc) is 2.71. The molecular weight excluding hydrogens is 202 g/mol. The van der Waals surface area contributed by atoms with E-state index in [9.17, 15) is 4.79 Å². The normalized spacial score (nSPS) is 24.5. The zero-order chi connectivity index (χ0) is 11.5. The highest BCUT2D eigenvalue weighted by Crippen LogP contribution is 2.31. The van der Waals surface area contributed by atoms with Gasteiger partial charge in [-0.15, -0.1) is 0 Å². The van der Waals surface area contributed by atoms with Crippen LogP contribution in [0.5, 0.6) is 0 Å². The Morgan fingerprint density at radius 3 is 2.69 bits per heavy atom. The maximum Gasteiger partial charge on any atom is 0.409 e. The maximum atomic E-state index is 11.5. The Kier molecular flexibility index (Phi) is 3.13. The molecule has 3 nitrogen and oxygen atoms in total. The van der Waals surface area contributed by atoms with E-state index in [1.165, 1.54) is 12.7 Å². The highest BCUT2D eigenvalue weighted by molar-refractivity contribution is 5.68. The van der Waals surface area contributed by atoms with Crippen LogP contribution in [0, 0.1) is 0 Å². The molecule has 1 saturated heterocycles. The van der Waals surface area contributed by atoms with E-state index in [4.69, 9.17) is 4.74 Å². The van der Waals surface area contributed by atoms with Crippen molar-refractivity contribution >= 4 is 6.09 Å². The van der Waals surface area contributed by atoms with Gasteiger partial charge in [-0.2, -0.15) is 0 Å². The van der Waals surface area contributed by atoms with E-state index >= 15 is 0 Å². The first-order valence-electron chi connectivity index (χ1n) is 5.62. The van der Waals surface area contributed by atoms with E-state index in [0.29, 0.717) is 5.92 Å². The molecule has 1 amide bonds. The van der Waals surface area contributed by atoms with Crippen molar-refractivity contribution in [3.05, 3.63) is 35.9 Å². The molecule has 1 heterocycles. The largest absolute Gasteiger partial charge is 0.453 e. The van der Waals surface area contributed by atoms with Gasteiger partial charge < -0.3 is 9.64 Å². The summed E-state index contributed by atoms with van der Waals surface area (Å²) in [6.07, 6.45) is 0.796. The number of methoxy groups -OCH3 is 1. The van der Waals surface area contributed by atoms with E-state index in [1.807, 2.05) is 18.2 Å². The van der Waals surface area contributed by atoms with Gasteiger partial charge in [0.25, 0.3) is 0 Å². The first-order valence-corrected chi connectivity index (χ1v) is 5.62. The lowest BCUT2D eigenvalue weighted by molar-refractivity contribution is 0.121. The first kappa shape index (κ1) is 11.0. The van der Waals surface area contributed by atoms with E-state index in [-0.39, 0.29) is 12.1 Å². The van der Waals surface area contributed by atoms with Gasteiger partial charge in [0.2, 0.25) is 0 Å². The second-order valence-corrected chi connectivity index (χ2v) is 4.31. The number of likely N-dealkylation sites (tertiary alicyclic amines) is 1. The molecule has 1 aromatic rings. The van der Waals surface area contributed by atoms with Crippen LogP contribution in [0.1, 0.15) is 24.8 Å². The lowest BCUT2D eigenvalue weighted by atomic mass is 9.97. The van der Waals surface area contributed by atoms with Gasteiger partial charge in [0, 0.05) is 18.5 Å². The number of ether oxygens (including phenoxy) is 1. The molecule has 1 aliphatic heterocycles. The Morgan fingerprint density at radius 1 is 1.38 bits per heavy atom. The molecule has 0 saturated carbocycles. The minimum absolute atomic E-state index is 0.217. The quantitative estimate of drug-likeness (QED) is 0.726. The fourth-order valence-corrected chi connectivity index (χ4v) is 2.37. The second kappa shape index (κ2) is 4.56. The van der Waals surface area contributed by atoms with Crippen LogP contribution in [0.15, 0.2) is 30.3 Å². The third kappa shape index (κ3) is 2.03. The molecule has 0 N–H and O–H groups in total. The first-order chi connectivity index (χ1) is 7.72. The summed E-state index contributed by atoms with van der Waals surface area (Å²) in [6.45, 7) is 2.83. The van der Waals surface area contributed by atoms with Crippen LogP contribution >= 0.6 is 0 Å². The average molecular weight is 219 g/mol. The minimum Gasteiger partial charge on any atom is -0.453 e.